The number of fused-ring (bicyclic) bond motifs is 3. The fraction of sp³-hybridized carbons (Fsp3) is 0.222. The molecule has 13 heteroatoms. The first-order valence-corrected chi connectivity index (χ1v) is 11.9. The summed E-state index contributed by atoms with van der Waals surface area (Å²) in [6, 6.07) is 15.7. The third kappa shape index (κ3) is 7.63. The molecule has 210 valence electrons. The summed E-state index contributed by atoms with van der Waals surface area (Å²) in [6.45, 7) is 0.725. The quantitative estimate of drug-likeness (QED) is 0.279. The van der Waals surface area contributed by atoms with Crippen molar-refractivity contribution in [2.24, 2.45) is 0 Å². The van der Waals surface area contributed by atoms with Crippen LogP contribution >= 0.6 is 0 Å². The molecule has 40 heavy (non-hydrogen) atoms. The topological polar surface area (TPSA) is 138 Å². The van der Waals surface area contributed by atoms with Gasteiger partial charge in [-0.15, -0.1) is 0 Å². The molecular formula is C27H26F3N5O5. The van der Waals surface area contributed by atoms with E-state index in [0.29, 0.717) is 34.4 Å². The molecule has 0 saturated carbocycles. The van der Waals surface area contributed by atoms with E-state index >= 15 is 0 Å². The van der Waals surface area contributed by atoms with Gasteiger partial charge in [0.05, 0.1) is 17.6 Å². The van der Waals surface area contributed by atoms with Crippen LogP contribution in [0.1, 0.15) is 5.69 Å². The molecule has 0 unspecified atom stereocenters. The molecule has 0 aliphatic heterocycles. The molecule has 2 heterocycles. The number of para-hydroxylation sites is 1. The number of amides is 1. The van der Waals surface area contributed by atoms with E-state index in [9.17, 15) is 27.6 Å². The lowest BCUT2D eigenvalue weighted by atomic mass is 10.1. The molecule has 1 amide bonds. The zero-order valence-electron chi connectivity index (χ0n) is 21.5. The summed E-state index contributed by atoms with van der Waals surface area (Å²) in [5.41, 5.74) is 0.0577. The Hall–Kier alpha value is -4.78. The van der Waals surface area contributed by atoms with E-state index in [1.165, 1.54) is 0 Å². The van der Waals surface area contributed by atoms with Gasteiger partial charge in [0.2, 0.25) is 5.91 Å². The first kappa shape index (κ1) is 29.8. The number of benzene rings is 2. The highest BCUT2D eigenvalue weighted by Crippen LogP contribution is 2.38. The number of imidazole rings is 1. The predicted molar refractivity (Wildman–Crippen MR) is 141 cm³/mol. The summed E-state index contributed by atoms with van der Waals surface area (Å²) >= 11 is 0. The number of carboxylic acids is 2. The summed E-state index contributed by atoms with van der Waals surface area (Å²) in [7, 11) is 3.57. The number of aliphatic carboxylic acids is 2. The Balaban J connectivity index is 0.000000482. The molecule has 2 aromatic heterocycles. The van der Waals surface area contributed by atoms with Crippen molar-refractivity contribution in [3.63, 3.8) is 0 Å². The molecule has 0 spiro atoms. The van der Waals surface area contributed by atoms with Crippen molar-refractivity contribution < 1.29 is 37.8 Å². The number of hydrogen-bond acceptors (Lipinski definition) is 6. The van der Waals surface area contributed by atoms with Crippen LogP contribution in [0.3, 0.4) is 0 Å². The molecule has 0 saturated heterocycles. The molecule has 0 aliphatic rings. The van der Waals surface area contributed by atoms with Crippen molar-refractivity contribution in [1.82, 2.24) is 24.8 Å². The number of aromatic nitrogens is 3. The molecular weight excluding hydrogens is 531 g/mol. The maximum Gasteiger partial charge on any atom is 0.435 e. The summed E-state index contributed by atoms with van der Waals surface area (Å²) in [6.07, 6.45) is -3.54. The van der Waals surface area contributed by atoms with Crippen molar-refractivity contribution >= 4 is 39.8 Å². The molecule has 0 aliphatic carbocycles. The second kappa shape index (κ2) is 12.8. The number of halogens is 3. The molecule has 4 aromatic rings. The summed E-state index contributed by atoms with van der Waals surface area (Å²) < 4.78 is 43.4. The van der Waals surface area contributed by atoms with Gasteiger partial charge in [0.25, 0.3) is 0 Å². The molecule has 0 radical (unpaired) electrons. The Kier molecular flexibility index (Phi) is 9.56. The van der Waals surface area contributed by atoms with E-state index in [-0.39, 0.29) is 36.6 Å². The van der Waals surface area contributed by atoms with Crippen molar-refractivity contribution in [3.05, 3.63) is 72.4 Å². The Labute approximate surface area is 226 Å². The third-order valence-corrected chi connectivity index (χ3v) is 5.37. The summed E-state index contributed by atoms with van der Waals surface area (Å²) in [5.74, 6) is -2.28. The SMILES string of the molecule is CN(C)CC(=O)NCCn1c(-c2ccccc2)nc2c(C(F)(F)F)nc3ccccc3c21.O=C(O)/C=C/C(=O)O. The van der Waals surface area contributed by atoms with Gasteiger partial charge in [-0.25, -0.2) is 19.6 Å². The largest absolute Gasteiger partial charge is 0.478 e. The molecule has 10 nitrogen and oxygen atoms in total. The van der Waals surface area contributed by atoms with Gasteiger partial charge in [0, 0.05) is 36.2 Å². The van der Waals surface area contributed by atoms with E-state index in [0.717, 1.165) is 0 Å². The number of rotatable bonds is 8. The highest BCUT2D eigenvalue weighted by atomic mass is 19.4. The molecule has 0 fully saturated rings. The fourth-order valence-electron chi connectivity index (χ4n) is 3.85. The molecule has 4 rings (SSSR count). The normalized spacial score (nSPS) is 11.6. The summed E-state index contributed by atoms with van der Waals surface area (Å²) in [4.78, 5) is 41.2. The number of likely N-dealkylation sites (N-methyl/N-ethyl adjacent to an activating group) is 1. The van der Waals surface area contributed by atoms with Crippen LogP contribution in [0.25, 0.3) is 33.3 Å². The molecule has 3 N–H and O–H groups in total. The summed E-state index contributed by atoms with van der Waals surface area (Å²) in [5, 5.41) is 19.0. The molecule has 0 bridgehead atoms. The van der Waals surface area contributed by atoms with Gasteiger partial charge >= 0.3 is 18.1 Å². The van der Waals surface area contributed by atoms with Crippen LogP contribution in [0, 0.1) is 0 Å². The van der Waals surface area contributed by atoms with Gasteiger partial charge in [0.1, 0.15) is 11.3 Å². The van der Waals surface area contributed by atoms with Gasteiger partial charge in [-0.05, 0) is 20.2 Å². The van der Waals surface area contributed by atoms with Gasteiger partial charge in [0.15, 0.2) is 5.69 Å². The van der Waals surface area contributed by atoms with Gasteiger partial charge in [-0.2, -0.15) is 13.2 Å². The van der Waals surface area contributed by atoms with Crippen LogP contribution in [0.5, 0.6) is 0 Å². The third-order valence-electron chi connectivity index (χ3n) is 5.37. The zero-order chi connectivity index (χ0) is 29.4. The standard InChI is InChI=1S/C23H22F3N5O.C4H4O4/c1-30(2)14-18(32)27-12-13-31-20-16-10-6-7-11-17(16)28-21(23(24,25)26)19(20)29-22(31)15-8-4-3-5-9-15;5-3(6)1-2-4(7)8/h3-11H,12-14H2,1-2H3,(H,27,32);1-2H,(H,5,6)(H,7,8)/b;2-1+. The minimum Gasteiger partial charge on any atom is -0.478 e. The molecule has 2 aromatic carbocycles. The second-order valence-electron chi connectivity index (χ2n) is 8.72. The van der Waals surface area contributed by atoms with Crippen LogP contribution in [-0.2, 0) is 27.1 Å². The Bertz CT molecular complexity index is 1530. The van der Waals surface area contributed by atoms with E-state index in [4.69, 9.17) is 10.2 Å². The van der Waals surface area contributed by atoms with Crippen LogP contribution in [0.4, 0.5) is 13.2 Å². The Morgan fingerprint density at radius 3 is 2.12 bits per heavy atom. The Morgan fingerprint density at radius 1 is 0.950 bits per heavy atom. The lowest BCUT2D eigenvalue weighted by molar-refractivity contribution is -0.139. The maximum absolute atomic E-state index is 13.9. The lowest BCUT2D eigenvalue weighted by Crippen LogP contribution is -2.35. The zero-order valence-corrected chi connectivity index (χ0v) is 21.5. The van der Waals surface area contributed by atoms with Gasteiger partial charge < -0.3 is 25.0 Å². The smallest absolute Gasteiger partial charge is 0.435 e. The first-order valence-electron chi connectivity index (χ1n) is 11.9. The number of nitrogens with zero attached hydrogens (tertiary/aromatic N) is 4. The average molecular weight is 558 g/mol. The van der Waals surface area contributed by atoms with Crippen molar-refractivity contribution in [3.8, 4) is 11.4 Å². The van der Waals surface area contributed by atoms with Crippen LogP contribution in [0.2, 0.25) is 0 Å². The minimum atomic E-state index is -4.66. The van der Waals surface area contributed by atoms with Crippen LogP contribution in [0.15, 0.2) is 66.7 Å². The van der Waals surface area contributed by atoms with E-state index in [1.54, 1.807) is 72.1 Å². The number of carboxylic acid groups (broad SMARTS) is 2. The predicted octanol–water partition coefficient (Wildman–Crippen LogP) is 3.66. The Morgan fingerprint density at radius 2 is 1.55 bits per heavy atom. The highest BCUT2D eigenvalue weighted by Gasteiger charge is 2.37. The van der Waals surface area contributed by atoms with Crippen LogP contribution in [-0.4, -0.2) is 74.7 Å². The van der Waals surface area contributed by atoms with Crippen molar-refractivity contribution in [1.29, 1.82) is 0 Å². The monoisotopic (exact) mass is 557 g/mol. The van der Waals surface area contributed by atoms with E-state index in [2.05, 4.69) is 15.3 Å². The van der Waals surface area contributed by atoms with Crippen molar-refractivity contribution in [2.45, 2.75) is 12.7 Å². The first-order chi connectivity index (χ1) is 18.9. The lowest BCUT2D eigenvalue weighted by Gasteiger charge is -2.14. The van der Waals surface area contributed by atoms with E-state index in [1.807, 2.05) is 6.07 Å². The van der Waals surface area contributed by atoms with E-state index < -0.39 is 23.8 Å². The fourth-order valence-corrected chi connectivity index (χ4v) is 3.85. The van der Waals surface area contributed by atoms with Crippen LogP contribution < -0.4 is 5.32 Å². The highest BCUT2D eigenvalue weighted by molar-refractivity contribution is 6.04. The van der Waals surface area contributed by atoms with Gasteiger partial charge in [-0.1, -0.05) is 48.5 Å². The van der Waals surface area contributed by atoms with Gasteiger partial charge in [-0.3, -0.25) is 4.79 Å². The number of pyridine rings is 1. The van der Waals surface area contributed by atoms with Crippen molar-refractivity contribution in [2.75, 3.05) is 27.2 Å². The number of carbonyl (C=O) groups excluding carboxylic acids is 1. The number of nitrogens with one attached hydrogen (secondary N) is 1. The number of hydrogen-bond donors (Lipinski definition) is 3. The number of alkyl halides is 3. The second-order valence-corrected chi connectivity index (χ2v) is 8.72. The molecule has 0 atom stereocenters. The number of carbonyl (C=O) groups is 3. The average Bonchev–Trinajstić information content (AvgIpc) is 3.26. The maximum atomic E-state index is 13.9. The minimum absolute atomic E-state index is 0.164.